The van der Waals surface area contributed by atoms with Crippen molar-refractivity contribution in [3.8, 4) is 0 Å². The zero-order valence-electron chi connectivity index (χ0n) is 13.4. The second-order valence-corrected chi connectivity index (χ2v) is 6.41. The molecule has 134 valence electrons. The highest BCUT2D eigenvalue weighted by atomic mass is 19.4. The molecule has 8 heteroatoms. The minimum Gasteiger partial charge on any atom is -0.384 e. The molecule has 2 rings (SSSR count). The largest absolute Gasteiger partial charge is 0.416 e. The van der Waals surface area contributed by atoms with Gasteiger partial charge < -0.3 is 16.2 Å². The van der Waals surface area contributed by atoms with Crippen molar-refractivity contribution in [3.63, 3.8) is 0 Å². The first kappa shape index (κ1) is 18.5. The van der Waals surface area contributed by atoms with Gasteiger partial charge in [-0.15, -0.1) is 0 Å². The van der Waals surface area contributed by atoms with Gasteiger partial charge in [0.2, 0.25) is 0 Å². The van der Waals surface area contributed by atoms with E-state index in [1.807, 2.05) is 4.90 Å². The maximum absolute atomic E-state index is 12.8. The number of aliphatic hydroxyl groups is 1. The lowest BCUT2D eigenvalue weighted by atomic mass is 9.92. The predicted octanol–water partition coefficient (Wildman–Crippen LogP) is 2.05. The third-order valence-corrected chi connectivity index (χ3v) is 4.28. The number of primary amides is 1. The molecule has 0 radical (unpaired) electrons. The van der Waals surface area contributed by atoms with Gasteiger partial charge in [0, 0.05) is 25.7 Å². The van der Waals surface area contributed by atoms with Crippen molar-refractivity contribution in [1.29, 1.82) is 0 Å². The number of carbonyl (C=O) groups is 1. The molecule has 1 atom stereocenters. The minimum absolute atomic E-state index is 0.00254. The fourth-order valence-electron chi connectivity index (χ4n) is 2.99. The summed E-state index contributed by atoms with van der Waals surface area (Å²) in [7, 11) is 0. The van der Waals surface area contributed by atoms with Gasteiger partial charge in [-0.05, 0) is 37.5 Å². The number of amides is 2. The van der Waals surface area contributed by atoms with Gasteiger partial charge in [0.15, 0.2) is 0 Å². The van der Waals surface area contributed by atoms with E-state index >= 15 is 0 Å². The molecule has 5 nitrogen and oxygen atoms in total. The lowest BCUT2D eigenvalue weighted by Crippen LogP contribution is -2.49. The first-order valence-electron chi connectivity index (χ1n) is 7.76. The summed E-state index contributed by atoms with van der Waals surface area (Å²) in [5.74, 6) is 0. The third kappa shape index (κ3) is 4.85. The maximum atomic E-state index is 12.8. The maximum Gasteiger partial charge on any atom is 0.416 e. The van der Waals surface area contributed by atoms with Crippen LogP contribution in [-0.4, -0.2) is 41.7 Å². The van der Waals surface area contributed by atoms with Crippen LogP contribution in [-0.2, 0) is 11.8 Å². The van der Waals surface area contributed by atoms with Crippen LogP contribution in [0.1, 0.15) is 30.9 Å². The molecule has 1 heterocycles. The molecular weight excluding hydrogens is 323 g/mol. The molecule has 0 spiro atoms. The van der Waals surface area contributed by atoms with Crippen LogP contribution in [0.5, 0.6) is 0 Å². The number of alkyl halides is 3. The van der Waals surface area contributed by atoms with Gasteiger partial charge >= 0.3 is 12.2 Å². The summed E-state index contributed by atoms with van der Waals surface area (Å²) in [4.78, 5) is 12.8. The number of nitrogens with two attached hydrogens (primary N) is 1. The zero-order valence-corrected chi connectivity index (χ0v) is 13.4. The van der Waals surface area contributed by atoms with E-state index in [0.717, 1.165) is 12.1 Å². The summed E-state index contributed by atoms with van der Waals surface area (Å²) >= 11 is 0. The van der Waals surface area contributed by atoms with Gasteiger partial charge in [-0.1, -0.05) is 12.1 Å². The zero-order chi connectivity index (χ0) is 18.0. The Hall–Kier alpha value is -1.80. The van der Waals surface area contributed by atoms with Gasteiger partial charge in [-0.2, -0.15) is 13.2 Å². The van der Waals surface area contributed by atoms with E-state index in [2.05, 4.69) is 5.32 Å². The normalized spacial score (nSPS) is 19.7. The molecule has 1 aromatic rings. The lowest BCUT2D eigenvalue weighted by molar-refractivity contribution is -0.137. The van der Waals surface area contributed by atoms with Gasteiger partial charge in [-0.25, -0.2) is 4.79 Å². The molecular formula is C16H22F3N3O2. The summed E-state index contributed by atoms with van der Waals surface area (Å²) in [6.07, 6.45) is -3.08. The van der Waals surface area contributed by atoms with E-state index in [4.69, 9.17) is 5.73 Å². The summed E-state index contributed by atoms with van der Waals surface area (Å²) in [5.41, 5.74) is 3.15. The number of benzene rings is 1. The number of hydrogen-bond acceptors (Lipinski definition) is 3. The van der Waals surface area contributed by atoms with Crippen LogP contribution >= 0.6 is 0 Å². The summed E-state index contributed by atoms with van der Waals surface area (Å²) in [5, 5.41) is 13.3. The number of nitrogens with one attached hydrogen (secondary N) is 1. The van der Waals surface area contributed by atoms with Crippen LogP contribution in [0, 0.1) is 0 Å². The molecule has 0 saturated carbocycles. The van der Waals surface area contributed by atoms with Crippen molar-refractivity contribution in [2.24, 2.45) is 5.73 Å². The number of rotatable bonds is 4. The summed E-state index contributed by atoms with van der Waals surface area (Å²) in [6, 6.07) is 4.20. The predicted molar refractivity (Wildman–Crippen MR) is 83.2 cm³/mol. The van der Waals surface area contributed by atoms with Crippen LogP contribution in [0.3, 0.4) is 0 Å². The SMILES string of the molecule is CC(O)(CN1CCC(NC(N)=O)CC1)c1cccc(C(F)(F)F)c1. The fraction of sp³-hybridized carbons (Fsp3) is 0.562. The van der Waals surface area contributed by atoms with Crippen molar-refractivity contribution in [3.05, 3.63) is 35.4 Å². The van der Waals surface area contributed by atoms with Gasteiger partial charge in [0.1, 0.15) is 0 Å². The fourth-order valence-corrected chi connectivity index (χ4v) is 2.99. The Kier molecular flexibility index (Phi) is 5.39. The average molecular weight is 345 g/mol. The molecule has 1 aliphatic rings. The quantitative estimate of drug-likeness (QED) is 0.781. The van der Waals surface area contributed by atoms with Crippen molar-refractivity contribution in [2.75, 3.05) is 19.6 Å². The van der Waals surface area contributed by atoms with E-state index in [1.165, 1.54) is 19.1 Å². The van der Waals surface area contributed by atoms with Crippen LogP contribution in [0.15, 0.2) is 24.3 Å². The molecule has 0 bridgehead atoms. The minimum atomic E-state index is -4.44. The molecule has 1 saturated heterocycles. The second-order valence-electron chi connectivity index (χ2n) is 6.41. The molecule has 2 amide bonds. The van der Waals surface area contributed by atoms with Gasteiger partial charge in [0.25, 0.3) is 0 Å². The Balaban J connectivity index is 2.00. The van der Waals surface area contributed by atoms with Gasteiger partial charge in [-0.3, -0.25) is 4.90 Å². The molecule has 0 aliphatic carbocycles. The van der Waals surface area contributed by atoms with E-state index < -0.39 is 23.4 Å². The topological polar surface area (TPSA) is 78.6 Å². The van der Waals surface area contributed by atoms with Crippen molar-refractivity contribution >= 4 is 6.03 Å². The second kappa shape index (κ2) is 6.98. The number of nitrogens with zero attached hydrogens (tertiary/aromatic N) is 1. The van der Waals surface area contributed by atoms with Crippen LogP contribution in [0.25, 0.3) is 0 Å². The Bertz CT molecular complexity index is 582. The molecule has 1 aromatic carbocycles. The number of urea groups is 1. The van der Waals surface area contributed by atoms with Crippen LogP contribution in [0.4, 0.5) is 18.0 Å². The molecule has 1 fully saturated rings. The summed E-state index contributed by atoms with van der Waals surface area (Å²) in [6.45, 7) is 2.98. The molecule has 24 heavy (non-hydrogen) atoms. The molecule has 4 N–H and O–H groups in total. The number of likely N-dealkylation sites (tertiary alicyclic amines) is 1. The van der Waals surface area contributed by atoms with Crippen LogP contribution < -0.4 is 11.1 Å². The van der Waals surface area contributed by atoms with Crippen molar-refractivity contribution in [2.45, 2.75) is 37.6 Å². The van der Waals surface area contributed by atoms with E-state index in [-0.39, 0.29) is 18.2 Å². The average Bonchev–Trinajstić information content (AvgIpc) is 2.48. The number of β-amino-alcohol motifs (C(OH)–C–C–N with tert-alkyl or cyclic N) is 1. The lowest BCUT2D eigenvalue weighted by Gasteiger charge is -2.37. The molecule has 1 unspecified atom stereocenters. The molecule has 0 aromatic heterocycles. The smallest absolute Gasteiger partial charge is 0.384 e. The van der Waals surface area contributed by atoms with Crippen molar-refractivity contribution in [1.82, 2.24) is 10.2 Å². The Labute approximate surface area is 138 Å². The van der Waals surface area contributed by atoms with Gasteiger partial charge in [0.05, 0.1) is 11.2 Å². The van der Waals surface area contributed by atoms with Crippen LogP contribution in [0.2, 0.25) is 0 Å². The Morgan fingerprint density at radius 3 is 2.46 bits per heavy atom. The third-order valence-electron chi connectivity index (χ3n) is 4.28. The number of halogens is 3. The summed E-state index contributed by atoms with van der Waals surface area (Å²) < 4.78 is 38.5. The number of piperidine rings is 1. The number of carbonyl (C=O) groups excluding carboxylic acids is 1. The highest BCUT2D eigenvalue weighted by molar-refractivity contribution is 5.71. The Morgan fingerprint density at radius 1 is 1.33 bits per heavy atom. The standard InChI is InChI=1S/C16H22F3N3O2/c1-15(24,11-3-2-4-12(9-11)16(17,18)19)10-22-7-5-13(6-8-22)21-14(20)23/h2-4,9,13,24H,5-8,10H2,1H3,(H3,20,21,23). The first-order chi connectivity index (χ1) is 11.1. The Morgan fingerprint density at radius 2 is 1.92 bits per heavy atom. The highest BCUT2D eigenvalue weighted by Gasteiger charge is 2.34. The van der Waals surface area contributed by atoms with Crippen molar-refractivity contribution < 1.29 is 23.1 Å². The van der Waals surface area contributed by atoms with E-state index in [0.29, 0.717) is 25.9 Å². The van der Waals surface area contributed by atoms with E-state index in [1.54, 1.807) is 0 Å². The first-order valence-corrected chi connectivity index (χ1v) is 7.76. The molecule has 1 aliphatic heterocycles. The monoisotopic (exact) mass is 345 g/mol. The van der Waals surface area contributed by atoms with E-state index in [9.17, 15) is 23.1 Å². The number of hydrogen-bond donors (Lipinski definition) is 3. The highest BCUT2D eigenvalue weighted by Crippen LogP contribution is 2.32.